The van der Waals surface area contributed by atoms with Crippen LogP contribution >= 0.6 is 27.5 Å². The van der Waals surface area contributed by atoms with Crippen molar-refractivity contribution in [3.63, 3.8) is 0 Å². The van der Waals surface area contributed by atoms with Crippen LogP contribution in [0.5, 0.6) is 11.6 Å². The third-order valence-electron chi connectivity index (χ3n) is 6.18. The third kappa shape index (κ3) is 4.72. The van der Waals surface area contributed by atoms with Gasteiger partial charge in [0.1, 0.15) is 11.3 Å². The molecular weight excluding hydrogens is 482 g/mol. The van der Waals surface area contributed by atoms with E-state index in [2.05, 4.69) is 36.1 Å². The van der Waals surface area contributed by atoms with Crippen molar-refractivity contribution in [1.82, 2.24) is 24.9 Å². The van der Waals surface area contributed by atoms with Gasteiger partial charge in [0.05, 0.1) is 15.0 Å². The number of nitrogens with zero attached hydrogens (tertiary/aromatic N) is 5. The third-order valence-corrected chi connectivity index (χ3v) is 7.15. The van der Waals surface area contributed by atoms with Gasteiger partial charge in [-0.3, -0.25) is 4.90 Å². The number of hydrogen-bond acceptors (Lipinski definition) is 6. The molecule has 164 valence electrons. The fourth-order valence-corrected chi connectivity index (χ4v) is 4.77. The normalized spacial score (nSPS) is 18.0. The molecule has 9 heteroatoms. The first-order chi connectivity index (χ1) is 15.1. The average molecular weight is 507 g/mol. The molecule has 2 aromatic heterocycles. The summed E-state index contributed by atoms with van der Waals surface area (Å²) in [4.78, 5) is 6.82. The van der Waals surface area contributed by atoms with Crippen LogP contribution in [-0.4, -0.2) is 49.7 Å². The molecule has 2 fully saturated rings. The summed E-state index contributed by atoms with van der Waals surface area (Å²) in [5.41, 5.74) is 2.74. The van der Waals surface area contributed by atoms with E-state index in [0.717, 1.165) is 59.5 Å². The van der Waals surface area contributed by atoms with Gasteiger partial charge in [-0.05, 0) is 84.7 Å². The Balaban J connectivity index is 1.37. The van der Waals surface area contributed by atoms with E-state index in [1.807, 2.05) is 22.9 Å². The summed E-state index contributed by atoms with van der Waals surface area (Å²) in [7, 11) is 0. The van der Waals surface area contributed by atoms with Gasteiger partial charge in [0.15, 0.2) is 0 Å². The van der Waals surface area contributed by atoms with Crippen molar-refractivity contribution in [2.45, 2.75) is 38.8 Å². The van der Waals surface area contributed by atoms with E-state index >= 15 is 0 Å². The molecule has 1 aliphatic heterocycles. The molecule has 31 heavy (non-hydrogen) atoms. The molecule has 0 radical (unpaired) electrons. The maximum absolute atomic E-state index is 9.38. The molecule has 2 aliphatic rings. The van der Waals surface area contributed by atoms with E-state index in [0.29, 0.717) is 29.1 Å². The summed E-state index contributed by atoms with van der Waals surface area (Å²) in [6, 6.07) is 5.86. The van der Waals surface area contributed by atoms with Crippen LogP contribution in [0.15, 0.2) is 28.9 Å². The van der Waals surface area contributed by atoms with Gasteiger partial charge in [-0.1, -0.05) is 16.8 Å². The minimum atomic E-state index is 0.267. The number of aliphatic hydroxyl groups is 1. The zero-order valence-electron chi connectivity index (χ0n) is 17.2. The number of ether oxygens (including phenoxy) is 1. The summed E-state index contributed by atoms with van der Waals surface area (Å²) >= 11 is 9.90. The molecule has 0 bridgehead atoms. The molecule has 5 rings (SSSR count). The summed E-state index contributed by atoms with van der Waals surface area (Å²) in [5, 5.41) is 18.7. The maximum atomic E-state index is 9.38. The lowest BCUT2D eigenvalue weighted by molar-refractivity contribution is 0.127. The Morgan fingerprint density at radius 2 is 1.97 bits per heavy atom. The topological polar surface area (TPSA) is 76.3 Å². The first kappa shape index (κ1) is 21.1. The minimum absolute atomic E-state index is 0.267. The second kappa shape index (κ2) is 9.02. The van der Waals surface area contributed by atoms with Crippen LogP contribution in [0.25, 0.3) is 11.0 Å². The first-order valence-electron chi connectivity index (χ1n) is 10.8. The summed E-state index contributed by atoms with van der Waals surface area (Å²) in [6.07, 6.45) is 6.15. The van der Waals surface area contributed by atoms with Crippen molar-refractivity contribution in [2.24, 2.45) is 11.8 Å². The molecule has 1 aliphatic carbocycles. The highest BCUT2D eigenvalue weighted by Gasteiger charge is 2.24. The van der Waals surface area contributed by atoms with E-state index in [1.165, 1.54) is 12.8 Å². The van der Waals surface area contributed by atoms with Crippen molar-refractivity contribution < 1.29 is 9.84 Å². The van der Waals surface area contributed by atoms with Crippen LogP contribution in [0.4, 0.5) is 0 Å². The number of pyridine rings is 1. The number of aromatic nitrogens is 4. The number of rotatable bonds is 7. The second-order valence-electron chi connectivity index (χ2n) is 8.58. The van der Waals surface area contributed by atoms with Crippen molar-refractivity contribution in [2.75, 3.05) is 19.7 Å². The van der Waals surface area contributed by atoms with Gasteiger partial charge in [-0.15, -0.1) is 5.10 Å². The molecule has 0 amide bonds. The van der Waals surface area contributed by atoms with Gasteiger partial charge in [-0.2, -0.15) is 0 Å². The quantitative estimate of drug-likeness (QED) is 0.503. The predicted molar refractivity (Wildman–Crippen MR) is 122 cm³/mol. The number of benzene rings is 1. The molecule has 7 nitrogen and oxygen atoms in total. The number of likely N-dealkylation sites (tertiary alicyclic amines) is 1. The Morgan fingerprint density at radius 1 is 1.16 bits per heavy atom. The van der Waals surface area contributed by atoms with Gasteiger partial charge in [0.25, 0.3) is 0 Å². The van der Waals surface area contributed by atoms with E-state index in [4.69, 9.17) is 16.3 Å². The predicted octanol–water partition coefficient (Wildman–Crippen LogP) is 4.65. The number of halogens is 2. The zero-order chi connectivity index (χ0) is 21.4. The molecular formula is C22H25BrClN5O2. The Morgan fingerprint density at radius 3 is 2.71 bits per heavy atom. The summed E-state index contributed by atoms with van der Waals surface area (Å²) in [5.74, 6) is 2.32. The Kier molecular flexibility index (Phi) is 6.14. The summed E-state index contributed by atoms with van der Waals surface area (Å²) < 4.78 is 8.98. The maximum Gasteiger partial charge on any atom is 0.223 e. The number of fused-ring (bicyclic) bond motifs is 1. The van der Waals surface area contributed by atoms with E-state index in [-0.39, 0.29) is 6.61 Å². The molecule has 1 aromatic carbocycles. The van der Waals surface area contributed by atoms with Crippen LogP contribution in [0.3, 0.4) is 0 Å². The molecule has 0 spiro atoms. The van der Waals surface area contributed by atoms with Crippen LogP contribution < -0.4 is 4.74 Å². The molecule has 0 atom stereocenters. The van der Waals surface area contributed by atoms with Crippen molar-refractivity contribution in [1.29, 1.82) is 0 Å². The van der Waals surface area contributed by atoms with E-state index < -0.39 is 0 Å². The zero-order valence-corrected chi connectivity index (χ0v) is 19.5. The Bertz CT molecular complexity index is 1080. The second-order valence-corrected chi connectivity index (χ2v) is 9.81. The smallest absolute Gasteiger partial charge is 0.223 e. The molecule has 3 heterocycles. The Labute approximate surface area is 194 Å². The van der Waals surface area contributed by atoms with Gasteiger partial charge < -0.3 is 9.84 Å². The van der Waals surface area contributed by atoms with Crippen LogP contribution in [-0.2, 0) is 13.1 Å². The first-order valence-corrected chi connectivity index (χ1v) is 11.9. The van der Waals surface area contributed by atoms with Gasteiger partial charge in [-0.25, -0.2) is 9.67 Å². The highest BCUT2D eigenvalue weighted by Crippen LogP contribution is 2.37. The lowest BCUT2D eigenvalue weighted by Gasteiger charge is -2.31. The molecule has 0 unspecified atom stereocenters. The fourth-order valence-electron chi connectivity index (χ4n) is 4.09. The highest BCUT2D eigenvalue weighted by molar-refractivity contribution is 9.10. The fraction of sp³-hybridized carbons (Fsp3) is 0.500. The monoisotopic (exact) mass is 505 g/mol. The van der Waals surface area contributed by atoms with Crippen molar-refractivity contribution >= 4 is 38.6 Å². The number of hydrogen-bond donors (Lipinski definition) is 1. The lowest BCUT2D eigenvalue weighted by atomic mass is 9.97. The van der Waals surface area contributed by atoms with Gasteiger partial charge in [0.2, 0.25) is 5.88 Å². The molecule has 3 aromatic rings. The minimum Gasteiger partial charge on any atom is -0.437 e. The largest absolute Gasteiger partial charge is 0.437 e. The lowest BCUT2D eigenvalue weighted by Crippen LogP contribution is -2.34. The van der Waals surface area contributed by atoms with Crippen molar-refractivity contribution in [3.8, 4) is 11.6 Å². The average Bonchev–Trinajstić information content (AvgIpc) is 3.50. The van der Waals surface area contributed by atoms with E-state index in [9.17, 15) is 5.11 Å². The Hall–Kier alpha value is -1.74. The van der Waals surface area contributed by atoms with E-state index in [1.54, 1.807) is 6.20 Å². The highest BCUT2D eigenvalue weighted by atomic mass is 79.9. The van der Waals surface area contributed by atoms with Crippen LogP contribution in [0.1, 0.15) is 31.2 Å². The number of aliphatic hydroxyl groups excluding tert-OH is 1. The van der Waals surface area contributed by atoms with Gasteiger partial charge in [0, 0.05) is 31.5 Å². The molecule has 1 N–H and O–H groups in total. The van der Waals surface area contributed by atoms with Crippen LogP contribution in [0.2, 0.25) is 5.02 Å². The number of piperidine rings is 1. The van der Waals surface area contributed by atoms with Gasteiger partial charge >= 0.3 is 0 Å². The molecule has 1 saturated carbocycles. The summed E-state index contributed by atoms with van der Waals surface area (Å²) in [6.45, 7) is 3.77. The SMILES string of the molecule is OCC1CCN(Cc2cc(Cl)cnc2Oc2ccc3c(nnn3CC3CC3)c2Br)CC1. The van der Waals surface area contributed by atoms with Crippen molar-refractivity contribution in [3.05, 3.63) is 39.5 Å². The van der Waals surface area contributed by atoms with Crippen LogP contribution in [0, 0.1) is 11.8 Å². The standard InChI is InChI=1S/C22H25BrClN5O2/c23-20-19(4-3-18-21(20)26-27-29(18)11-14-1-2-14)31-22-16(9-17(24)10-25-22)12-28-7-5-15(13-30)6-8-28/h3-4,9-10,14-15,30H,1-2,5-8,11-13H2. The molecule has 1 saturated heterocycles.